The zero-order chi connectivity index (χ0) is 21.3. The second kappa shape index (κ2) is 7.45. The number of benzene rings is 1. The topological polar surface area (TPSA) is 105 Å². The first-order chi connectivity index (χ1) is 13.5. The number of aromatic nitrogens is 2. The van der Waals surface area contributed by atoms with E-state index < -0.39 is 59.2 Å². The van der Waals surface area contributed by atoms with E-state index in [2.05, 4.69) is 9.97 Å². The van der Waals surface area contributed by atoms with Gasteiger partial charge in [0.1, 0.15) is 28.8 Å². The summed E-state index contributed by atoms with van der Waals surface area (Å²) in [6.45, 7) is 0. The lowest BCUT2D eigenvalue weighted by Gasteiger charge is -2.15. The second-order valence-corrected chi connectivity index (χ2v) is 5.89. The lowest BCUT2D eigenvalue weighted by atomic mass is 10.1. The van der Waals surface area contributed by atoms with Gasteiger partial charge in [-0.1, -0.05) is 0 Å². The smallest absolute Gasteiger partial charge is 0.433 e. The molecule has 152 valence electrons. The molecule has 29 heavy (non-hydrogen) atoms. The van der Waals surface area contributed by atoms with Gasteiger partial charge >= 0.3 is 17.9 Å². The number of pyridine rings is 1. The van der Waals surface area contributed by atoms with Crippen molar-refractivity contribution in [3.63, 3.8) is 0 Å². The first-order valence-corrected chi connectivity index (χ1v) is 7.86. The minimum atomic E-state index is -4.80. The Hall–Kier alpha value is -3.57. The maximum absolute atomic E-state index is 13.4. The van der Waals surface area contributed by atoms with Crippen LogP contribution in [0.4, 0.5) is 26.7 Å². The molecule has 0 saturated heterocycles. The number of hydrogen-bond donors (Lipinski definition) is 2. The van der Waals surface area contributed by atoms with Gasteiger partial charge in [0.2, 0.25) is 5.89 Å². The van der Waals surface area contributed by atoms with Crippen LogP contribution < -0.4 is 10.9 Å². The van der Waals surface area contributed by atoms with Crippen LogP contribution in [0.5, 0.6) is 0 Å². The fraction of sp³-hybridized carbons (Fsp3) is 0.176. The molecule has 7 nitrogen and oxygen atoms in total. The number of alkyl halides is 3. The van der Waals surface area contributed by atoms with Crippen LogP contribution >= 0.6 is 0 Å². The fourth-order valence-electron chi connectivity index (χ4n) is 2.59. The van der Waals surface area contributed by atoms with Gasteiger partial charge in [0.15, 0.2) is 5.65 Å². The van der Waals surface area contributed by atoms with Crippen LogP contribution in [0.1, 0.15) is 23.2 Å². The Labute approximate surface area is 157 Å². The van der Waals surface area contributed by atoms with E-state index in [0.717, 1.165) is 18.2 Å². The number of halogens is 5. The number of carboxylic acid groups (broad SMARTS) is 1. The first kappa shape index (κ1) is 20.2. The fourth-order valence-corrected chi connectivity index (χ4v) is 2.59. The number of fused-ring (bicyclic) bond motifs is 1. The molecular formula is C17H10F5N3O4. The molecule has 2 N–H and O–H groups in total. The quantitative estimate of drug-likeness (QED) is 0.633. The zero-order valence-electron chi connectivity index (χ0n) is 14.1. The van der Waals surface area contributed by atoms with E-state index in [1.54, 1.807) is 0 Å². The van der Waals surface area contributed by atoms with Crippen molar-refractivity contribution in [2.45, 2.75) is 18.6 Å². The van der Waals surface area contributed by atoms with Gasteiger partial charge in [-0.25, -0.2) is 23.4 Å². The Morgan fingerprint density at radius 1 is 1.14 bits per heavy atom. The largest absolute Gasteiger partial charge is 0.465 e. The molecule has 0 aliphatic carbocycles. The van der Waals surface area contributed by atoms with Crippen LogP contribution in [-0.2, 0) is 12.6 Å². The summed E-state index contributed by atoms with van der Waals surface area (Å²) in [7, 11) is 0. The average Bonchev–Trinajstić information content (AvgIpc) is 2.58. The molecule has 0 radical (unpaired) electrons. The number of carbonyl (C=O) groups is 1. The van der Waals surface area contributed by atoms with Crippen molar-refractivity contribution in [3.8, 4) is 0 Å². The number of rotatable bonds is 4. The van der Waals surface area contributed by atoms with Crippen molar-refractivity contribution >= 4 is 17.1 Å². The van der Waals surface area contributed by atoms with Gasteiger partial charge in [0, 0.05) is 12.5 Å². The summed E-state index contributed by atoms with van der Waals surface area (Å²) in [6, 6.07) is 2.40. The van der Waals surface area contributed by atoms with E-state index in [1.807, 2.05) is 5.32 Å². The Bertz CT molecular complexity index is 1130. The van der Waals surface area contributed by atoms with Gasteiger partial charge in [0.25, 0.3) is 0 Å². The first-order valence-electron chi connectivity index (χ1n) is 7.86. The summed E-state index contributed by atoms with van der Waals surface area (Å²) in [5.41, 5.74) is -3.05. The Balaban J connectivity index is 2.09. The highest BCUT2D eigenvalue weighted by atomic mass is 19.4. The predicted molar refractivity (Wildman–Crippen MR) is 87.0 cm³/mol. The Morgan fingerprint density at radius 3 is 2.38 bits per heavy atom. The third-order valence-corrected chi connectivity index (χ3v) is 3.76. The maximum atomic E-state index is 13.4. The third kappa shape index (κ3) is 4.65. The van der Waals surface area contributed by atoms with E-state index in [9.17, 15) is 31.5 Å². The van der Waals surface area contributed by atoms with E-state index in [4.69, 9.17) is 9.52 Å². The molecule has 2 aromatic heterocycles. The van der Waals surface area contributed by atoms with Gasteiger partial charge in [-0.3, -0.25) is 0 Å². The van der Waals surface area contributed by atoms with Crippen LogP contribution in [0, 0.1) is 11.6 Å². The number of nitrogens with one attached hydrogen (secondary N) is 1. The molecule has 0 bridgehead atoms. The minimum absolute atomic E-state index is 0.0113. The SMILES string of the molecule is O=C(O)NC(Cc1cc(F)cc(F)c1)c1nc2nc(C(F)(F)F)ccc2c(=O)o1. The molecule has 0 spiro atoms. The summed E-state index contributed by atoms with van der Waals surface area (Å²) in [6.07, 6.45) is -6.79. The minimum Gasteiger partial charge on any atom is -0.465 e. The van der Waals surface area contributed by atoms with Crippen LogP contribution in [-0.4, -0.2) is 21.2 Å². The van der Waals surface area contributed by atoms with Crippen molar-refractivity contribution in [1.82, 2.24) is 15.3 Å². The van der Waals surface area contributed by atoms with Crippen molar-refractivity contribution in [2.24, 2.45) is 0 Å². The van der Waals surface area contributed by atoms with Gasteiger partial charge in [-0.15, -0.1) is 0 Å². The van der Waals surface area contributed by atoms with Crippen LogP contribution in [0.15, 0.2) is 39.5 Å². The second-order valence-electron chi connectivity index (χ2n) is 5.89. The van der Waals surface area contributed by atoms with Crippen LogP contribution in [0.3, 0.4) is 0 Å². The standard InChI is InChI=1S/C17H10F5N3O4/c18-8-3-7(4-9(19)6-8)5-11(23-16(27)28)14-25-13-10(15(26)29-14)1-2-12(24-13)17(20,21)22/h1-4,6,11,23H,5H2,(H,27,28). The van der Waals surface area contributed by atoms with Gasteiger partial charge in [0.05, 0.1) is 0 Å². The molecule has 0 fully saturated rings. The van der Waals surface area contributed by atoms with E-state index >= 15 is 0 Å². The molecule has 3 aromatic rings. The lowest BCUT2D eigenvalue weighted by molar-refractivity contribution is -0.141. The van der Waals surface area contributed by atoms with Crippen LogP contribution in [0.25, 0.3) is 11.0 Å². The maximum Gasteiger partial charge on any atom is 0.433 e. The molecule has 1 unspecified atom stereocenters. The molecule has 3 rings (SSSR count). The molecule has 0 aliphatic rings. The third-order valence-electron chi connectivity index (χ3n) is 3.76. The molecule has 0 aliphatic heterocycles. The molecule has 2 heterocycles. The summed E-state index contributed by atoms with van der Waals surface area (Å²) in [5, 5.41) is 10.6. The van der Waals surface area contributed by atoms with E-state index in [0.29, 0.717) is 12.1 Å². The van der Waals surface area contributed by atoms with Crippen molar-refractivity contribution < 1.29 is 36.3 Å². The average molecular weight is 415 g/mol. The molecule has 12 heteroatoms. The summed E-state index contributed by atoms with van der Waals surface area (Å²) < 4.78 is 70.3. The van der Waals surface area contributed by atoms with Gasteiger partial charge < -0.3 is 14.8 Å². The summed E-state index contributed by atoms with van der Waals surface area (Å²) in [5.74, 6) is -2.47. The Kier molecular flexibility index (Phi) is 5.18. The number of nitrogens with zero attached hydrogens (tertiary/aromatic N) is 2. The van der Waals surface area contributed by atoms with Crippen molar-refractivity contribution in [1.29, 1.82) is 0 Å². The van der Waals surface area contributed by atoms with Crippen molar-refractivity contribution in [2.75, 3.05) is 0 Å². The highest BCUT2D eigenvalue weighted by Crippen LogP contribution is 2.28. The predicted octanol–water partition coefficient (Wildman–Crippen LogP) is 3.43. The van der Waals surface area contributed by atoms with Crippen LogP contribution in [0.2, 0.25) is 0 Å². The molecule has 1 atom stereocenters. The summed E-state index contributed by atoms with van der Waals surface area (Å²) >= 11 is 0. The molecule has 1 amide bonds. The van der Waals surface area contributed by atoms with E-state index in [-0.39, 0.29) is 10.9 Å². The molecule has 0 saturated carbocycles. The monoisotopic (exact) mass is 415 g/mol. The molecular weight excluding hydrogens is 405 g/mol. The molecule has 1 aromatic carbocycles. The normalized spacial score (nSPS) is 12.7. The van der Waals surface area contributed by atoms with Gasteiger partial charge in [-0.05, 0) is 29.8 Å². The number of amides is 1. The van der Waals surface area contributed by atoms with Gasteiger partial charge in [-0.2, -0.15) is 18.2 Å². The highest BCUT2D eigenvalue weighted by molar-refractivity contribution is 5.73. The van der Waals surface area contributed by atoms with Crippen molar-refractivity contribution in [3.05, 3.63) is 69.5 Å². The number of hydrogen-bond acceptors (Lipinski definition) is 5. The Morgan fingerprint density at radius 2 is 1.79 bits per heavy atom. The zero-order valence-corrected chi connectivity index (χ0v) is 14.1. The highest BCUT2D eigenvalue weighted by Gasteiger charge is 2.33. The van der Waals surface area contributed by atoms with E-state index in [1.165, 1.54) is 0 Å². The summed E-state index contributed by atoms with van der Waals surface area (Å²) in [4.78, 5) is 30.1. The lowest BCUT2D eigenvalue weighted by Crippen LogP contribution is -2.30.